The highest BCUT2D eigenvalue weighted by molar-refractivity contribution is 5.69. The van der Waals surface area contributed by atoms with Crippen LogP contribution in [-0.2, 0) is 80.9 Å². The lowest BCUT2D eigenvalue weighted by atomic mass is 9.95. The normalized spacial score (nSPS) is 31.5. The highest BCUT2D eigenvalue weighted by Gasteiger charge is 2.57. The topological polar surface area (TPSA) is 238 Å². The highest BCUT2D eigenvalue weighted by Crippen LogP contribution is 2.34. The first-order valence-electron chi connectivity index (χ1n) is 13.3. The molecule has 0 aromatic carbocycles. The second-order valence-corrected chi connectivity index (χ2v) is 9.76. The number of nitrogens with two attached hydrogens (primary N) is 1. The fourth-order valence-corrected chi connectivity index (χ4v) is 4.55. The van der Waals surface area contributed by atoms with Crippen LogP contribution in [0.4, 0.5) is 0 Å². The second kappa shape index (κ2) is 16.3. The van der Waals surface area contributed by atoms with Crippen LogP contribution < -0.4 is 5.73 Å². The molecule has 0 bridgehead atoms. The SMILES string of the molecule is CC(=O)OC[C@H]1O[C@H](O[C@H]2[C@H](OC(C)=O)[C@@H](OC(C)=O)[C@H](N)O[C@@H]2COC(C)=O)[C@H](OC(C)=O)[C@@H](OC(C)=O)[C@H]1OC(C)=O. The van der Waals surface area contributed by atoms with Gasteiger partial charge in [0.25, 0.3) is 0 Å². The van der Waals surface area contributed by atoms with Crippen LogP contribution in [0.25, 0.3) is 0 Å². The number of hydrogen-bond donors (Lipinski definition) is 1. The Morgan fingerprint density at radius 1 is 0.477 bits per heavy atom. The summed E-state index contributed by atoms with van der Waals surface area (Å²) in [4.78, 5) is 83.6. The minimum absolute atomic E-state index is 0.510. The van der Waals surface area contributed by atoms with Gasteiger partial charge < -0.3 is 53.1 Å². The highest BCUT2D eigenvalue weighted by atomic mass is 16.8. The summed E-state index contributed by atoms with van der Waals surface area (Å²) in [6.45, 7) is 6.39. The molecule has 10 atom stereocenters. The molecule has 2 aliphatic heterocycles. The van der Waals surface area contributed by atoms with Crippen molar-refractivity contribution < 1.29 is 80.9 Å². The van der Waals surface area contributed by atoms with E-state index in [-0.39, 0.29) is 0 Å². The molecule has 0 spiro atoms. The third-order valence-electron chi connectivity index (χ3n) is 5.96. The van der Waals surface area contributed by atoms with Crippen molar-refractivity contribution in [2.75, 3.05) is 13.2 Å². The molecule has 2 aliphatic rings. The van der Waals surface area contributed by atoms with Crippen LogP contribution in [0.5, 0.6) is 0 Å². The van der Waals surface area contributed by atoms with Gasteiger partial charge in [0, 0.05) is 48.5 Å². The molecule has 2 rings (SSSR count). The van der Waals surface area contributed by atoms with Crippen LogP contribution in [0, 0.1) is 0 Å². The molecule has 0 radical (unpaired) electrons. The van der Waals surface area contributed by atoms with Crippen LogP contribution >= 0.6 is 0 Å². The summed E-state index contributed by atoms with van der Waals surface area (Å²) in [5.41, 5.74) is 6.07. The van der Waals surface area contributed by atoms with Gasteiger partial charge in [0.1, 0.15) is 37.8 Å². The zero-order valence-electron chi connectivity index (χ0n) is 25.2. The first-order chi connectivity index (χ1) is 20.5. The van der Waals surface area contributed by atoms with Crippen molar-refractivity contribution in [1.82, 2.24) is 0 Å². The van der Waals surface area contributed by atoms with Gasteiger partial charge in [-0.15, -0.1) is 0 Å². The van der Waals surface area contributed by atoms with E-state index in [1.54, 1.807) is 0 Å². The van der Waals surface area contributed by atoms with Gasteiger partial charge in [-0.25, -0.2) is 0 Å². The van der Waals surface area contributed by atoms with E-state index >= 15 is 0 Å². The van der Waals surface area contributed by atoms with Crippen molar-refractivity contribution in [2.45, 2.75) is 110 Å². The van der Waals surface area contributed by atoms with Gasteiger partial charge in [-0.05, 0) is 0 Å². The third kappa shape index (κ3) is 10.7. The summed E-state index contributed by atoms with van der Waals surface area (Å²) < 4.78 is 54.8. The molecule has 2 heterocycles. The van der Waals surface area contributed by atoms with Gasteiger partial charge in [-0.1, -0.05) is 0 Å². The Labute approximate surface area is 251 Å². The lowest BCUT2D eigenvalue weighted by Gasteiger charge is -2.48. The number of carbonyl (C=O) groups is 7. The van der Waals surface area contributed by atoms with Crippen LogP contribution in [0.1, 0.15) is 48.5 Å². The second-order valence-electron chi connectivity index (χ2n) is 9.76. The van der Waals surface area contributed by atoms with E-state index in [2.05, 4.69) is 0 Å². The number of ether oxygens (including phenoxy) is 10. The van der Waals surface area contributed by atoms with Gasteiger partial charge in [0.05, 0.1) is 0 Å². The van der Waals surface area contributed by atoms with Crippen LogP contribution in [0.2, 0.25) is 0 Å². The van der Waals surface area contributed by atoms with E-state index in [4.69, 9.17) is 53.1 Å². The smallest absolute Gasteiger partial charge is 0.303 e. The maximum atomic E-state index is 12.2. The Kier molecular flexibility index (Phi) is 13.4. The molecule has 0 amide bonds. The van der Waals surface area contributed by atoms with E-state index < -0.39 is 116 Å². The molecular weight excluding hydrogens is 598 g/mol. The van der Waals surface area contributed by atoms with Crippen LogP contribution in [-0.4, -0.2) is 116 Å². The van der Waals surface area contributed by atoms with E-state index in [0.29, 0.717) is 0 Å². The van der Waals surface area contributed by atoms with Crippen molar-refractivity contribution in [3.63, 3.8) is 0 Å². The minimum Gasteiger partial charge on any atom is -0.463 e. The van der Waals surface area contributed by atoms with Crippen molar-refractivity contribution in [1.29, 1.82) is 0 Å². The largest absolute Gasteiger partial charge is 0.463 e. The molecule has 2 saturated heterocycles. The van der Waals surface area contributed by atoms with Gasteiger partial charge in [-0.2, -0.15) is 0 Å². The Morgan fingerprint density at radius 2 is 0.841 bits per heavy atom. The average Bonchev–Trinajstić information content (AvgIpc) is 2.87. The lowest BCUT2D eigenvalue weighted by molar-refractivity contribution is -0.344. The summed E-state index contributed by atoms with van der Waals surface area (Å²) in [7, 11) is 0. The first-order valence-corrected chi connectivity index (χ1v) is 13.3. The van der Waals surface area contributed by atoms with Crippen molar-refractivity contribution in [3.8, 4) is 0 Å². The molecule has 0 aromatic rings. The molecule has 18 nitrogen and oxygen atoms in total. The summed E-state index contributed by atoms with van der Waals surface area (Å²) in [5.74, 6) is -5.79. The number of carbonyl (C=O) groups excluding carboxylic acids is 7. The average molecular weight is 636 g/mol. The molecule has 0 unspecified atom stereocenters. The van der Waals surface area contributed by atoms with Crippen molar-refractivity contribution >= 4 is 41.8 Å². The van der Waals surface area contributed by atoms with E-state index in [0.717, 1.165) is 48.5 Å². The van der Waals surface area contributed by atoms with Gasteiger partial charge in [-0.3, -0.25) is 33.6 Å². The maximum absolute atomic E-state index is 12.2. The fraction of sp³-hybridized carbons (Fsp3) is 0.731. The number of hydrogen-bond acceptors (Lipinski definition) is 18. The fourth-order valence-electron chi connectivity index (χ4n) is 4.55. The molecule has 18 heteroatoms. The molecule has 0 saturated carbocycles. The standard InChI is InChI=1S/C26H37NO17/c1-10(28)35-8-17-20(21(38-13(4)31)23(25(27)42-17)40-15(6)33)44-26-24(41-16(7)34)22(39-14(5)32)19(37-12(3)30)18(43-26)9-36-11(2)29/h17-26H,8-9,27H2,1-7H3/t17-,18-,19+,20-,21+,22+,23-,24-,25-,26-/m1/s1. The zero-order valence-corrected chi connectivity index (χ0v) is 25.2. The quantitative estimate of drug-likeness (QED) is 0.202. The minimum atomic E-state index is -1.76. The van der Waals surface area contributed by atoms with Crippen molar-refractivity contribution in [2.24, 2.45) is 5.73 Å². The predicted molar refractivity (Wildman–Crippen MR) is 137 cm³/mol. The van der Waals surface area contributed by atoms with Crippen molar-refractivity contribution in [3.05, 3.63) is 0 Å². The summed E-state index contributed by atoms with van der Waals surface area (Å²) in [5, 5.41) is 0. The van der Waals surface area contributed by atoms with E-state index in [9.17, 15) is 33.6 Å². The van der Waals surface area contributed by atoms with Crippen LogP contribution in [0.3, 0.4) is 0 Å². The van der Waals surface area contributed by atoms with E-state index in [1.807, 2.05) is 0 Å². The summed E-state index contributed by atoms with van der Waals surface area (Å²) >= 11 is 0. The molecule has 0 aliphatic carbocycles. The molecule has 2 N–H and O–H groups in total. The monoisotopic (exact) mass is 635 g/mol. The Morgan fingerprint density at radius 3 is 1.27 bits per heavy atom. The van der Waals surface area contributed by atoms with Gasteiger partial charge >= 0.3 is 41.8 Å². The molecule has 0 aromatic heterocycles. The summed E-state index contributed by atoms with van der Waals surface area (Å²) in [6, 6.07) is 0. The van der Waals surface area contributed by atoms with Gasteiger partial charge in [0.15, 0.2) is 36.8 Å². The Bertz CT molecular complexity index is 1090. The Hall–Kier alpha value is -3.87. The Balaban J connectivity index is 2.66. The number of esters is 7. The molecule has 248 valence electrons. The number of rotatable bonds is 11. The molecule has 44 heavy (non-hydrogen) atoms. The maximum Gasteiger partial charge on any atom is 0.303 e. The third-order valence-corrected chi connectivity index (χ3v) is 5.96. The molecule has 2 fully saturated rings. The summed E-state index contributed by atoms with van der Waals surface area (Å²) in [6.07, 6.45) is -15.1. The van der Waals surface area contributed by atoms with Crippen LogP contribution in [0.15, 0.2) is 0 Å². The molecular formula is C26H37NO17. The lowest BCUT2D eigenvalue weighted by Crippen LogP contribution is -2.68. The zero-order chi connectivity index (χ0) is 33.3. The predicted octanol–water partition coefficient (Wildman–Crippen LogP) is -1.44. The van der Waals surface area contributed by atoms with E-state index in [1.165, 1.54) is 0 Å². The first kappa shape index (κ1) is 36.3. The van der Waals surface area contributed by atoms with Gasteiger partial charge in [0.2, 0.25) is 0 Å².